The van der Waals surface area contributed by atoms with Crippen LogP contribution in [-0.2, 0) is 0 Å². The van der Waals surface area contributed by atoms with Crippen LogP contribution in [0.25, 0.3) is 0 Å². The first-order valence-corrected chi connectivity index (χ1v) is 4.04. The minimum Gasteiger partial charge on any atom is -0.508 e. The Hall–Kier alpha value is -1.18. The van der Waals surface area contributed by atoms with Crippen LogP contribution in [0.3, 0.4) is 0 Å². The van der Waals surface area contributed by atoms with Crippen LogP contribution in [0.5, 0.6) is 5.75 Å². The van der Waals surface area contributed by atoms with Crippen molar-refractivity contribution in [3.05, 3.63) is 24.3 Å². The quantitative estimate of drug-likeness (QED) is 0.670. The van der Waals surface area contributed by atoms with Crippen LogP contribution in [-0.4, -0.2) is 10.6 Å². The fraction of sp³-hybridized carbons (Fsp3) is 0.400. The number of phenols is 1. The van der Waals surface area contributed by atoms with Crippen molar-refractivity contribution in [1.82, 2.24) is 0 Å². The molecule has 66 valence electrons. The van der Waals surface area contributed by atoms with Gasteiger partial charge in [0.2, 0.25) is 0 Å². The molecule has 1 aromatic carbocycles. The summed E-state index contributed by atoms with van der Waals surface area (Å²) in [5.41, 5.74) is 0.982. The second-order valence-electron chi connectivity index (χ2n) is 3.93. The largest absolute Gasteiger partial charge is 0.508 e. The molecule has 0 spiro atoms. The standard InChI is InChI=1S/C10H15NO/c1-10(2,3)11-8-5-4-6-9(12)7-8/h4-7,11-12H,1-3H3. The molecule has 0 atom stereocenters. The molecule has 0 bridgehead atoms. The number of benzene rings is 1. The molecule has 0 amide bonds. The van der Waals surface area contributed by atoms with Crippen LogP contribution in [0.15, 0.2) is 24.3 Å². The van der Waals surface area contributed by atoms with Gasteiger partial charge in [-0.3, -0.25) is 0 Å². The molecular weight excluding hydrogens is 150 g/mol. The molecule has 0 saturated carbocycles. The third-order valence-corrected chi connectivity index (χ3v) is 1.37. The maximum atomic E-state index is 9.17. The molecular formula is C10H15NO. The van der Waals surface area contributed by atoms with Crippen LogP contribution in [0, 0.1) is 0 Å². The lowest BCUT2D eigenvalue weighted by Crippen LogP contribution is -2.25. The van der Waals surface area contributed by atoms with Crippen LogP contribution >= 0.6 is 0 Å². The summed E-state index contributed by atoms with van der Waals surface area (Å²) >= 11 is 0. The number of phenolic OH excluding ortho intramolecular Hbond substituents is 1. The van der Waals surface area contributed by atoms with Crippen molar-refractivity contribution in [2.24, 2.45) is 0 Å². The van der Waals surface area contributed by atoms with E-state index in [2.05, 4.69) is 26.1 Å². The monoisotopic (exact) mass is 165 g/mol. The average Bonchev–Trinajstić information content (AvgIpc) is 1.82. The Morgan fingerprint density at radius 1 is 1.25 bits per heavy atom. The van der Waals surface area contributed by atoms with Crippen molar-refractivity contribution < 1.29 is 5.11 Å². The van der Waals surface area contributed by atoms with Gasteiger partial charge in [0.05, 0.1) is 0 Å². The van der Waals surface area contributed by atoms with Gasteiger partial charge in [0.15, 0.2) is 0 Å². The van der Waals surface area contributed by atoms with E-state index in [9.17, 15) is 0 Å². The summed E-state index contributed by atoms with van der Waals surface area (Å²) in [5, 5.41) is 12.4. The summed E-state index contributed by atoms with van der Waals surface area (Å²) < 4.78 is 0. The molecule has 2 N–H and O–H groups in total. The van der Waals surface area contributed by atoms with Crippen LogP contribution < -0.4 is 5.32 Å². The van der Waals surface area contributed by atoms with E-state index < -0.39 is 0 Å². The van der Waals surface area contributed by atoms with Gasteiger partial charge in [-0.15, -0.1) is 0 Å². The van der Waals surface area contributed by atoms with E-state index >= 15 is 0 Å². The van der Waals surface area contributed by atoms with Crippen molar-refractivity contribution in [2.45, 2.75) is 26.3 Å². The van der Waals surface area contributed by atoms with E-state index in [4.69, 9.17) is 5.11 Å². The molecule has 0 radical (unpaired) electrons. The zero-order chi connectivity index (χ0) is 9.19. The molecule has 1 rings (SSSR count). The van der Waals surface area contributed by atoms with Gasteiger partial charge >= 0.3 is 0 Å². The Morgan fingerprint density at radius 3 is 2.42 bits per heavy atom. The molecule has 2 heteroatoms. The zero-order valence-electron chi connectivity index (χ0n) is 7.76. The third-order valence-electron chi connectivity index (χ3n) is 1.37. The average molecular weight is 165 g/mol. The third kappa shape index (κ3) is 2.82. The topological polar surface area (TPSA) is 32.3 Å². The summed E-state index contributed by atoms with van der Waals surface area (Å²) in [6.07, 6.45) is 0. The second-order valence-corrected chi connectivity index (χ2v) is 3.93. The second kappa shape index (κ2) is 3.05. The minimum absolute atomic E-state index is 0.0355. The zero-order valence-corrected chi connectivity index (χ0v) is 7.76. The SMILES string of the molecule is CC(C)(C)Nc1cccc(O)c1. The maximum absolute atomic E-state index is 9.17. The lowest BCUT2D eigenvalue weighted by Gasteiger charge is -2.22. The van der Waals surface area contributed by atoms with Gasteiger partial charge in [0.1, 0.15) is 5.75 Å². The van der Waals surface area contributed by atoms with Gasteiger partial charge < -0.3 is 10.4 Å². The Bertz CT molecular complexity index is 263. The lowest BCUT2D eigenvalue weighted by atomic mass is 10.1. The highest BCUT2D eigenvalue weighted by atomic mass is 16.3. The van der Waals surface area contributed by atoms with Gasteiger partial charge in [-0.25, -0.2) is 0 Å². The van der Waals surface area contributed by atoms with E-state index in [1.165, 1.54) is 0 Å². The molecule has 0 saturated heterocycles. The maximum Gasteiger partial charge on any atom is 0.117 e. The van der Waals surface area contributed by atoms with Crippen molar-refractivity contribution in [3.8, 4) is 5.75 Å². The summed E-state index contributed by atoms with van der Waals surface area (Å²) in [6, 6.07) is 7.13. The molecule has 0 aliphatic rings. The fourth-order valence-corrected chi connectivity index (χ4v) is 1.02. The Morgan fingerprint density at radius 2 is 1.92 bits per heavy atom. The molecule has 0 fully saturated rings. The first-order valence-electron chi connectivity index (χ1n) is 4.04. The van der Waals surface area contributed by atoms with Gasteiger partial charge in [-0.2, -0.15) is 0 Å². The normalized spacial score (nSPS) is 11.2. The summed E-state index contributed by atoms with van der Waals surface area (Å²) in [4.78, 5) is 0. The van der Waals surface area contributed by atoms with Crippen molar-refractivity contribution in [2.75, 3.05) is 5.32 Å². The molecule has 2 nitrogen and oxygen atoms in total. The van der Waals surface area contributed by atoms with Crippen molar-refractivity contribution >= 4 is 5.69 Å². The van der Waals surface area contributed by atoms with Crippen molar-refractivity contribution in [1.29, 1.82) is 0 Å². The van der Waals surface area contributed by atoms with E-state index in [1.807, 2.05) is 12.1 Å². The van der Waals surface area contributed by atoms with Crippen LogP contribution in [0.1, 0.15) is 20.8 Å². The molecule has 1 aromatic rings. The summed E-state index contributed by atoms with van der Waals surface area (Å²) in [7, 11) is 0. The number of rotatable bonds is 1. The Labute approximate surface area is 73.2 Å². The predicted molar refractivity (Wildman–Crippen MR) is 51.5 cm³/mol. The van der Waals surface area contributed by atoms with Gasteiger partial charge in [0.25, 0.3) is 0 Å². The van der Waals surface area contributed by atoms with E-state index in [0.29, 0.717) is 5.75 Å². The highest BCUT2D eigenvalue weighted by Crippen LogP contribution is 2.18. The summed E-state index contributed by atoms with van der Waals surface area (Å²) in [5.74, 6) is 0.296. The molecule has 12 heavy (non-hydrogen) atoms. The highest BCUT2D eigenvalue weighted by molar-refractivity contribution is 5.49. The molecule has 0 heterocycles. The number of anilines is 1. The van der Waals surface area contributed by atoms with Crippen LogP contribution in [0.4, 0.5) is 5.69 Å². The van der Waals surface area contributed by atoms with Gasteiger partial charge in [-0.05, 0) is 32.9 Å². The number of hydrogen-bond acceptors (Lipinski definition) is 2. The first-order chi connectivity index (χ1) is 5.47. The fourth-order valence-electron chi connectivity index (χ4n) is 1.02. The Kier molecular flexibility index (Phi) is 2.27. The molecule has 0 aliphatic heterocycles. The first kappa shape index (κ1) is 8.91. The van der Waals surface area contributed by atoms with Crippen molar-refractivity contribution in [3.63, 3.8) is 0 Å². The van der Waals surface area contributed by atoms with E-state index in [-0.39, 0.29) is 5.54 Å². The van der Waals surface area contributed by atoms with E-state index in [0.717, 1.165) is 5.69 Å². The number of hydrogen-bond donors (Lipinski definition) is 2. The summed E-state index contributed by atoms with van der Waals surface area (Å²) in [6.45, 7) is 6.24. The number of aromatic hydroxyl groups is 1. The number of nitrogens with one attached hydrogen (secondary N) is 1. The van der Waals surface area contributed by atoms with Crippen LogP contribution in [0.2, 0.25) is 0 Å². The van der Waals surface area contributed by atoms with Gasteiger partial charge in [0, 0.05) is 17.3 Å². The van der Waals surface area contributed by atoms with Gasteiger partial charge in [-0.1, -0.05) is 6.07 Å². The van der Waals surface area contributed by atoms with E-state index in [1.54, 1.807) is 12.1 Å². The molecule has 0 aromatic heterocycles. The predicted octanol–water partition coefficient (Wildman–Crippen LogP) is 2.60. The smallest absolute Gasteiger partial charge is 0.117 e. The minimum atomic E-state index is 0.0355. The molecule has 0 aliphatic carbocycles. The highest BCUT2D eigenvalue weighted by Gasteiger charge is 2.08. The Balaban J connectivity index is 2.77. The molecule has 0 unspecified atom stereocenters. The lowest BCUT2D eigenvalue weighted by molar-refractivity contribution is 0.475.